The highest BCUT2D eigenvalue weighted by Crippen LogP contribution is 2.65. The number of nitrogens with one attached hydrogen (secondary N) is 1. The molecule has 7 atom stereocenters. The fourth-order valence-corrected chi connectivity index (χ4v) is 7.84. The van der Waals surface area contributed by atoms with Crippen molar-refractivity contribution < 1.29 is 5.11 Å². The Balaban J connectivity index is 1.50. The Bertz CT molecular complexity index is 667. The van der Waals surface area contributed by atoms with E-state index in [0.29, 0.717) is 10.8 Å². The van der Waals surface area contributed by atoms with Gasteiger partial charge in [-0.05, 0) is 92.8 Å². The Kier molecular flexibility index (Phi) is 3.13. The maximum absolute atomic E-state index is 10.2. The molecule has 4 aliphatic rings. The maximum Gasteiger partial charge on any atom is 0.0665 e. The van der Waals surface area contributed by atoms with Crippen LogP contribution in [-0.2, 0) is 11.8 Å². The van der Waals surface area contributed by atoms with E-state index in [0.717, 1.165) is 36.5 Å². The molecule has 1 aromatic rings. The lowest BCUT2D eigenvalue weighted by Crippen LogP contribution is -2.54. The number of aryl methyl sites for hydroxylation is 1. The molecular formula is C21H32N2O. The lowest BCUT2D eigenvalue weighted by molar-refractivity contribution is -0.111. The largest absolute Gasteiger partial charge is 0.393 e. The first-order chi connectivity index (χ1) is 11.4. The number of aromatic amines is 1. The van der Waals surface area contributed by atoms with E-state index in [-0.39, 0.29) is 6.10 Å². The molecule has 4 aliphatic carbocycles. The third kappa shape index (κ3) is 1.80. The molecule has 132 valence electrons. The van der Waals surface area contributed by atoms with Crippen molar-refractivity contribution in [2.24, 2.45) is 29.1 Å². The second kappa shape index (κ2) is 4.87. The van der Waals surface area contributed by atoms with Crippen LogP contribution in [0.25, 0.3) is 0 Å². The second-order valence-corrected chi connectivity index (χ2v) is 9.92. The van der Waals surface area contributed by atoms with Crippen molar-refractivity contribution in [3.05, 3.63) is 17.0 Å². The minimum absolute atomic E-state index is 0.0347. The van der Waals surface area contributed by atoms with Crippen molar-refractivity contribution in [1.29, 1.82) is 0 Å². The molecule has 3 fully saturated rings. The van der Waals surface area contributed by atoms with E-state index in [1.165, 1.54) is 49.9 Å². The molecule has 2 N–H and O–H groups in total. The molecule has 0 bridgehead atoms. The number of aromatic nitrogens is 2. The highest BCUT2D eigenvalue weighted by atomic mass is 16.3. The summed E-state index contributed by atoms with van der Waals surface area (Å²) in [5.41, 5.74) is 5.08. The molecule has 0 aromatic carbocycles. The second-order valence-electron chi connectivity index (χ2n) is 9.92. The first kappa shape index (κ1) is 15.4. The summed E-state index contributed by atoms with van der Waals surface area (Å²) in [7, 11) is 0. The van der Waals surface area contributed by atoms with Gasteiger partial charge in [-0.15, -0.1) is 0 Å². The lowest BCUT2D eigenvalue weighted by atomic mass is 9.45. The molecule has 3 nitrogen and oxygen atoms in total. The van der Waals surface area contributed by atoms with Gasteiger partial charge in [0.1, 0.15) is 0 Å². The minimum Gasteiger partial charge on any atom is -0.393 e. The molecule has 3 heteroatoms. The van der Waals surface area contributed by atoms with E-state index in [9.17, 15) is 5.11 Å². The van der Waals surface area contributed by atoms with Crippen molar-refractivity contribution in [2.75, 3.05) is 0 Å². The zero-order valence-electron chi connectivity index (χ0n) is 15.4. The molecule has 0 radical (unpaired) electrons. The van der Waals surface area contributed by atoms with E-state index >= 15 is 0 Å². The normalized spacial score (nSPS) is 49.9. The van der Waals surface area contributed by atoms with E-state index in [1.807, 2.05) is 0 Å². The van der Waals surface area contributed by atoms with Gasteiger partial charge in [0.2, 0.25) is 0 Å². The highest BCUT2D eigenvalue weighted by Gasteiger charge is 2.59. The van der Waals surface area contributed by atoms with Crippen LogP contribution in [0.3, 0.4) is 0 Å². The molecule has 24 heavy (non-hydrogen) atoms. The Morgan fingerprint density at radius 1 is 1.08 bits per heavy atom. The van der Waals surface area contributed by atoms with Crippen molar-refractivity contribution in [1.82, 2.24) is 10.2 Å². The van der Waals surface area contributed by atoms with E-state index in [1.54, 1.807) is 5.56 Å². The number of aliphatic hydroxyl groups excluding tert-OH is 1. The summed E-state index contributed by atoms with van der Waals surface area (Å²) in [6.07, 6.45) is 9.92. The quantitative estimate of drug-likeness (QED) is 0.752. The summed E-state index contributed by atoms with van der Waals surface area (Å²) in [4.78, 5) is 0. The SMILES string of the molecule is Cc1[nH]nc2c1[C@]1(C)CC[C@@H]3[C@H](CC[C@@H]4C[C@H](O)CC[C@@]43C)[C@H]1C2. The van der Waals surface area contributed by atoms with Gasteiger partial charge in [0.05, 0.1) is 11.8 Å². The molecule has 0 amide bonds. The van der Waals surface area contributed by atoms with E-state index < -0.39 is 0 Å². The van der Waals surface area contributed by atoms with Crippen LogP contribution in [0.5, 0.6) is 0 Å². The summed E-state index contributed by atoms with van der Waals surface area (Å²) in [5.74, 6) is 3.29. The minimum atomic E-state index is -0.0347. The summed E-state index contributed by atoms with van der Waals surface area (Å²) in [5, 5.41) is 18.1. The number of H-pyrrole nitrogens is 1. The van der Waals surface area contributed by atoms with Gasteiger partial charge in [-0.3, -0.25) is 5.10 Å². The number of rotatable bonds is 0. The maximum atomic E-state index is 10.2. The molecule has 5 rings (SSSR count). The summed E-state index contributed by atoms with van der Waals surface area (Å²) < 4.78 is 0. The average molecular weight is 329 g/mol. The van der Waals surface area contributed by atoms with Crippen LogP contribution in [0.1, 0.15) is 75.7 Å². The van der Waals surface area contributed by atoms with Crippen molar-refractivity contribution in [3.63, 3.8) is 0 Å². The first-order valence-electron chi connectivity index (χ1n) is 10.2. The number of nitrogens with zero attached hydrogens (tertiary/aromatic N) is 1. The zero-order chi connectivity index (χ0) is 16.7. The molecular weight excluding hydrogens is 296 g/mol. The van der Waals surface area contributed by atoms with Gasteiger partial charge in [-0.25, -0.2) is 0 Å². The van der Waals surface area contributed by atoms with Crippen molar-refractivity contribution in [3.8, 4) is 0 Å². The predicted octanol–water partition coefficient (Wildman–Crippen LogP) is 4.14. The van der Waals surface area contributed by atoms with Crippen LogP contribution in [0, 0.1) is 36.0 Å². The van der Waals surface area contributed by atoms with Gasteiger partial charge in [0.25, 0.3) is 0 Å². The monoisotopic (exact) mass is 328 g/mol. The molecule has 1 aromatic heterocycles. The average Bonchev–Trinajstić information content (AvgIpc) is 3.06. The van der Waals surface area contributed by atoms with Gasteiger partial charge in [-0.2, -0.15) is 5.10 Å². The fourth-order valence-electron chi connectivity index (χ4n) is 7.84. The molecule has 0 spiro atoms. The summed E-state index contributed by atoms with van der Waals surface area (Å²) in [6.45, 7) is 7.32. The third-order valence-electron chi connectivity index (χ3n) is 9.03. The molecule has 0 unspecified atom stereocenters. The fraction of sp³-hybridized carbons (Fsp3) is 0.857. The van der Waals surface area contributed by atoms with Gasteiger partial charge in [-0.1, -0.05) is 13.8 Å². The van der Waals surface area contributed by atoms with Crippen LogP contribution < -0.4 is 0 Å². The Labute approximate surface area is 145 Å². The Morgan fingerprint density at radius 3 is 2.75 bits per heavy atom. The topological polar surface area (TPSA) is 48.9 Å². The number of fused-ring (bicyclic) bond motifs is 7. The Morgan fingerprint density at radius 2 is 1.92 bits per heavy atom. The van der Waals surface area contributed by atoms with Crippen LogP contribution in [-0.4, -0.2) is 21.4 Å². The third-order valence-corrected chi connectivity index (χ3v) is 9.03. The van der Waals surface area contributed by atoms with Crippen molar-refractivity contribution in [2.45, 2.75) is 83.7 Å². The molecule has 1 heterocycles. The molecule has 0 aliphatic heterocycles. The van der Waals surface area contributed by atoms with Gasteiger partial charge >= 0.3 is 0 Å². The highest BCUT2D eigenvalue weighted by molar-refractivity contribution is 5.40. The summed E-state index contributed by atoms with van der Waals surface area (Å²) in [6, 6.07) is 0. The first-order valence-corrected chi connectivity index (χ1v) is 10.2. The van der Waals surface area contributed by atoms with Crippen LogP contribution in [0.2, 0.25) is 0 Å². The predicted molar refractivity (Wildman–Crippen MR) is 94.8 cm³/mol. The Hall–Kier alpha value is -0.830. The summed E-state index contributed by atoms with van der Waals surface area (Å²) >= 11 is 0. The van der Waals surface area contributed by atoms with Gasteiger partial charge in [0, 0.05) is 11.3 Å². The number of hydrogen-bond acceptors (Lipinski definition) is 2. The number of aliphatic hydroxyl groups is 1. The molecule has 0 saturated heterocycles. The zero-order valence-corrected chi connectivity index (χ0v) is 15.4. The molecule has 3 saturated carbocycles. The smallest absolute Gasteiger partial charge is 0.0665 e. The lowest BCUT2D eigenvalue weighted by Gasteiger charge is -2.60. The van der Waals surface area contributed by atoms with E-state index in [4.69, 9.17) is 0 Å². The van der Waals surface area contributed by atoms with E-state index in [2.05, 4.69) is 31.0 Å². The van der Waals surface area contributed by atoms with Crippen LogP contribution in [0.4, 0.5) is 0 Å². The van der Waals surface area contributed by atoms with Gasteiger partial charge in [0.15, 0.2) is 0 Å². The number of hydrogen-bond donors (Lipinski definition) is 2. The van der Waals surface area contributed by atoms with Crippen LogP contribution >= 0.6 is 0 Å². The van der Waals surface area contributed by atoms with Crippen molar-refractivity contribution >= 4 is 0 Å². The van der Waals surface area contributed by atoms with Crippen LogP contribution in [0.15, 0.2) is 0 Å². The standard InChI is InChI=1S/C21H32N2O/c1-12-19-18(23-22-12)11-17-15-5-4-13-10-14(24)6-8-20(13,2)16(15)7-9-21(17,19)3/h13-17,24H,4-11H2,1-3H3,(H,22,23)/t13-,14-,15+,16-,17-,20+,21-/m1/s1. The van der Waals surface area contributed by atoms with Gasteiger partial charge < -0.3 is 5.11 Å².